The van der Waals surface area contributed by atoms with Gasteiger partial charge in [0.05, 0.1) is 24.1 Å². The van der Waals surface area contributed by atoms with Gasteiger partial charge in [0.2, 0.25) is 0 Å². The van der Waals surface area contributed by atoms with Crippen molar-refractivity contribution in [3.63, 3.8) is 0 Å². The summed E-state index contributed by atoms with van der Waals surface area (Å²) in [5.74, 6) is -0.0887. The van der Waals surface area contributed by atoms with Crippen molar-refractivity contribution in [3.05, 3.63) is 47.5 Å². The lowest BCUT2D eigenvalue weighted by Crippen LogP contribution is -2.24. The third-order valence-electron chi connectivity index (χ3n) is 2.78. The van der Waals surface area contributed by atoms with E-state index in [0.717, 1.165) is 23.5 Å². The summed E-state index contributed by atoms with van der Waals surface area (Å²) in [5, 5.41) is 6.07. The standard InChI is InChI=1S/C14H18N4O/c1-3-16-13-5-4-10(2)6-12(13)14(19)17-8-11-7-15-9-18-11/h4-7,9,16H,3,8H2,1-2H3,(H,15,18)(H,17,19). The van der Waals surface area contributed by atoms with Gasteiger partial charge in [-0.25, -0.2) is 4.98 Å². The van der Waals surface area contributed by atoms with Crippen molar-refractivity contribution in [1.82, 2.24) is 15.3 Å². The average Bonchev–Trinajstić information content (AvgIpc) is 2.91. The van der Waals surface area contributed by atoms with Crippen LogP contribution in [-0.4, -0.2) is 22.4 Å². The molecule has 0 atom stereocenters. The van der Waals surface area contributed by atoms with Gasteiger partial charge in [0.15, 0.2) is 0 Å². The van der Waals surface area contributed by atoms with Crippen LogP contribution in [0.2, 0.25) is 0 Å². The number of aryl methyl sites for hydroxylation is 1. The first-order chi connectivity index (χ1) is 9.20. The van der Waals surface area contributed by atoms with E-state index in [1.54, 1.807) is 12.5 Å². The highest BCUT2D eigenvalue weighted by atomic mass is 16.1. The van der Waals surface area contributed by atoms with Gasteiger partial charge in [0.25, 0.3) is 5.91 Å². The van der Waals surface area contributed by atoms with Gasteiger partial charge in [-0.3, -0.25) is 4.79 Å². The number of hydrogen-bond acceptors (Lipinski definition) is 3. The van der Waals surface area contributed by atoms with E-state index in [-0.39, 0.29) is 5.91 Å². The van der Waals surface area contributed by atoms with Crippen LogP contribution < -0.4 is 10.6 Å². The van der Waals surface area contributed by atoms with Crippen LogP contribution in [0.5, 0.6) is 0 Å². The molecule has 3 N–H and O–H groups in total. The number of benzene rings is 1. The summed E-state index contributed by atoms with van der Waals surface area (Å²) in [5.41, 5.74) is 3.47. The maximum atomic E-state index is 12.2. The second-order valence-corrected chi connectivity index (χ2v) is 4.34. The molecule has 2 aromatic rings. The van der Waals surface area contributed by atoms with Crippen LogP contribution in [0, 0.1) is 6.92 Å². The minimum absolute atomic E-state index is 0.0887. The van der Waals surface area contributed by atoms with Crippen molar-refractivity contribution >= 4 is 11.6 Å². The first-order valence-electron chi connectivity index (χ1n) is 6.30. The lowest BCUT2D eigenvalue weighted by molar-refractivity contribution is 0.0951. The Bertz CT molecular complexity index is 549. The molecule has 0 unspecified atom stereocenters. The van der Waals surface area contributed by atoms with Crippen molar-refractivity contribution < 1.29 is 4.79 Å². The molecule has 0 spiro atoms. The Morgan fingerprint density at radius 3 is 2.95 bits per heavy atom. The van der Waals surface area contributed by atoms with Gasteiger partial charge in [-0.05, 0) is 26.0 Å². The second kappa shape index (κ2) is 6.04. The van der Waals surface area contributed by atoms with Crippen molar-refractivity contribution in [3.8, 4) is 0 Å². The molecule has 1 heterocycles. The lowest BCUT2D eigenvalue weighted by atomic mass is 10.1. The summed E-state index contributed by atoms with van der Waals surface area (Å²) in [6.07, 6.45) is 3.29. The number of carbonyl (C=O) groups is 1. The summed E-state index contributed by atoms with van der Waals surface area (Å²) < 4.78 is 0. The van der Waals surface area contributed by atoms with Crippen molar-refractivity contribution in [2.45, 2.75) is 20.4 Å². The van der Waals surface area contributed by atoms with Crippen LogP contribution >= 0.6 is 0 Å². The molecule has 5 heteroatoms. The molecule has 0 bridgehead atoms. The van der Waals surface area contributed by atoms with Crippen molar-refractivity contribution in [1.29, 1.82) is 0 Å². The Kier molecular flexibility index (Phi) is 4.18. The highest BCUT2D eigenvalue weighted by molar-refractivity contribution is 5.99. The number of aromatic amines is 1. The van der Waals surface area contributed by atoms with Gasteiger partial charge < -0.3 is 15.6 Å². The zero-order chi connectivity index (χ0) is 13.7. The first-order valence-corrected chi connectivity index (χ1v) is 6.30. The van der Waals surface area contributed by atoms with Crippen LogP contribution in [-0.2, 0) is 6.54 Å². The maximum Gasteiger partial charge on any atom is 0.253 e. The lowest BCUT2D eigenvalue weighted by Gasteiger charge is -2.11. The van der Waals surface area contributed by atoms with Crippen LogP contribution in [0.1, 0.15) is 28.5 Å². The number of rotatable bonds is 5. The summed E-state index contributed by atoms with van der Waals surface area (Å²) >= 11 is 0. The Morgan fingerprint density at radius 2 is 2.26 bits per heavy atom. The molecule has 0 aliphatic heterocycles. The molecule has 0 radical (unpaired) electrons. The van der Waals surface area contributed by atoms with Gasteiger partial charge in [0, 0.05) is 18.4 Å². The van der Waals surface area contributed by atoms with E-state index in [2.05, 4.69) is 20.6 Å². The molecule has 0 fully saturated rings. The Labute approximate surface area is 112 Å². The monoisotopic (exact) mass is 258 g/mol. The van der Waals surface area contributed by atoms with E-state index in [1.165, 1.54) is 0 Å². The minimum Gasteiger partial charge on any atom is -0.385 e. The van der Waals surface area contributed by atoms with E-state index >= 15 is 0 Å². The van der Waals surface area contributed by atoms with Crippen LogP contribution in [0.25, 0.3) is 0 Å². The minimum atomic E-state index is -0.0887. The number of imidazole rings is 1. The normalized spacial score (nSPS) is 10.2. The number of amides is 1. The van der Waals surface area contributed by atoms with E-state index < -0.39 is 0 Å². The quantitative estimate of drug-likeness (QED) is 0.769. The molecule has 5 nitrogen and oxygen atoms in total. The van der Waals surface area contributed by atoms with Gasteiger partial charge in [0.1, 0.15) is 0 Å². The predicted octanol–water partition coefficient (Wildman–Crippen LogP) is 2.08. The third-order valence-corrected chi connectivity index (χ3v) is 2.78. The highest BCUT2D eigenvalue weighted by Crippen LogP contribution is 2.17. The summed E-state index contributed by atoms with van der Waals surface area (Å²) in [6.45, 7) is 5.20. The molecule has 1 aromatic heterocycles. The zero-order valence-corrected chi connectivity index (χ0v) is 11.2. The molecule has 0 aliphatic carbocycles. The van der Waals surface area contributed by atoms with Crippen molar-refractivity contribution in [2.24, 2.45) is 0 Å². The van der Waals surface area contributed by atoms with Crippen LogP contribution in [0.15, 0.2) is 30.7 Å². The average molecular weight is 258 g/mol. The fraction of sp³-hybridized carbons (Fsp3) is 0.286. The molecule has 0 saturated heterocycles. The molecule has 19 heavy (non-hydrogen) atoms. The van der Waals surface area contributed by atoms with E-state index in [1.807, 2.05) is 32.0 Å². The number of nitrogens with zero attached hydrogens (tertiary/aromatic N) is 1. The Balaban J connectivity index is 2.11. The fourth-order valence-electron chi connectivity index (χ4n) is 1.84. The van der Waals surface area contributed by atoms with E-state index in [4.69, 9.17) is 0 Å². The summed E-state index contributed by atoms with van der Waals surface area (Å²) in [6, 6.07) is 5.81. The molecule has 2 rings (SSSR count). The van der Waals surface area contributed by atoms with Crippen molar-refractivity contribution in [2.75, 3.05) is 11.9 Å². The van der Waals surface area contributed by atoms with Gasteiger partial charge in [-0.15, -0.1) is 0 Å². The van der Waals surface area contributed by atoms with E-state index in [0.29, 0.717) is 12.1 Å². The number of anilines is 1. The molecule has 100 valence electrons. The van der Waals surface area contributed by atoms with E-state index in [9.17, 15) is 4.79 Å². The number of carbonyl (C=O) groups excluding carboxylic acids is 1. The van der Waals surface area contributed by atoms with Gasteiger partial charge >= 0.3 is 0 Å². The number of aromatic nitrogens is 2. The van der Waals surface area contributed by atoms with Crippen LogP contribution in [0.3, 0.4) is 0 Å². The third kappa shape index (κ3) is 3.34. The SMILES string of the molecule is CCNc1ccc(C)cc1C(=O)NCc1cnc[nH]1. The van der Waals surface area contributed by atoms with Gasteiger partial charge in [-0.2, -0.15) is 0 Å². The largest absolute Gasteiger partial charge is 0.385 e. The fourth-order valence-corrected chi connectivity index (χ4v) is 1.84. The first kappa shape index (κ1) is 13.1. The summed E-state index contributed by atoms with van der Waals surface area (Å²) in [4.78, 5) is 19.1. The molecular weight excluding hydrogens is 240 g/mol. The Hall–Kier alpha value is -2.30. The Morgan fingerprint density at radius 1 is 1.42 bits per heavy atom. The maximum absolute atomic E-state index is 12.2. The molecular formula is C14H18N4O. The molecule has 0 saturated carbocycles. The molecule has 0 aliphatic rings. The second-order valence-electron chi connectivity index (χ2n) is 4.34. The summed E-state index contributed by atoms with van der Waals surface area (Å²) in [7, 11) is 0. The zero-order valence-electron chi connectivity index (χ0n) is 11.2. The highest BCUT2D eigenvalue weighted by Gasteiger charge is 2.11. The number of H-pyrrole nitrogens is 1. The smallest absolute Gasteiger partial charge is 0.253 e. The number of hydrogen-bond donors (Lipinski definition) is 3. The topological polar surface area (TPSA) is 69.8 Å². The predicted molar refractivity (Wildman–Crippen MR) is 75.1 cm³/mol. The van der Waals surface area contributed by atoms with Gasteiger partial charge in [-0.1, -0.05) is 11.6 Å². The molecule has 1 aromatic carbocycles. The van der Waals surface area contributed by atoms with Crippen LogP contribution in [0.4, 0.5) is 5.69 Å². The molecule has 1 amide bonds. The number of nitrogens with one attached hydrogen (secondary N) is 3.